The lowest BCUT2D eigenvalue weighted by atomic mass is 10.2. The second-order valence-corrected chi connectivity index (χ2v) is 3.90. The highest BCUT2D eigenvalue weighted by molar-refractivity contribution is 6.18. The molecule has 0 spiro atoms. The lowest BCUT2D eigenvalue weighted by Crippen LogP contribution is -2.13. The van der Waals surface area contributed by atoms with E-state index in [2.05, 4.69) is 0 Å². The van der Waals surface area contributed by atoms with Gasteiger partial charge in [-0.15, -0.1) is 11.6 Å². The summed E-state index contributed by atoms with van der Waals surface area (Å²) in [6, 6.07) is 8.07. The first-order valence-corrected chi connectivity index (χ1v) is 6.11. The minimum Gasteiger partial charge on any atom is -0.464 e. The summed E-state index contributed by atoms with van der Waals surface area (Å²) in [7, 11) is 0. The molecule has 0 saturated carbocycles. The van der Waals surface area contributed by atoms with E-state index in [9.17, 15) is 9.59 Å². The van der Waals surface area contributed by atoms with Gasteiger partial charge in [0.2, 0.25) is 0 Å². The summed E-state index contributed by atoms with van der Waals surface area (Å²) in [4.78, 5) is 22.5. The number of hydrogen-bond donors (Lipinski definition) is 0. The molecule has 6 heteroatoms. The lowest BCUT2D eigenvalue weighted by Gasteiger charge is -2.04. The molecule has 0 N–H and O–H groups in total. The number of hydrogen-bond acceptors (Lipinski definition) is 5. The van der Waals surface area contributed by atoms with Gasteiger partial charge in [-0.1, -0.05) is 0 Å². The van der Waals surface area contributed by atoms with E-state index in [0.717, 1.165) is 0 Å². The van der Waals surface area contributed by atoms with Crippen molar-refractivity contribution in [1.29, 1.82) is 5.26 Å². The molecule has 0 aromatic heterocycles. The topological polar surface area (TPSA) is 76.4 Å². The van der Waals surface area contributed by atoms with Gasteiger partial charge in [0, 0.05) is 0 Å². The van der Waals surface area contributed by atoms with Crippen molar-refractivity contribution in [3.8, 4) is 11.8 Å². The molecule has 0 amide bonds. The van der Waals surface area contributed by atoms with E-state index < -0.39 is 11.9 Å². The Kier molecular flexibility index (Phi) is 6.41. The van der Waals surface area contributed by atoms with Crippen LogP contribution < -0.4 is 4.74 Å². The molecular formula is C13H12ClNO4. The Labute approximate surface area is 115 Å². The van der Waals surface area contributed by atoms with Gasteiger partial charge in [-0.2, -0.15) is 5.26 Å². The average molecular weight is 282 g/mol. The number of benzene rings is 1. The highest BCUT2D eigenvalue weighted by atomic mass is 35.5. The van der Waals surface area contributed by atoms with Gasteiger partial charge in [-0.25, -0.2) is 0 Å². The fraction of sp³-hybridized carbons (Fsp3) is 0.308. The molecule has 1 aromatic rings. The number of carbonyl (C=O) groups excluding carboxylic acids is 2. The van der Waals surface area contributed by atoms with Crippen LogP contribution in [0.1, 0.15) is 18.4 Å². The van der Waals surface area contributed by atoms with Crippen LogP contribution in [0.4, 0.5) is 0 Å². The molecule has 100 valence electrons. The number of esters is 2. The Bertz CT molecular complexity index is 478. The van der Waals surface area contributed by atoms with Gasteiger partial charge >= 0.3 is 11.9 Å². The molecule has 0 atom stereocenters. The van der Waals surface area contributed by atoms with Crippen LogP contribution in [0.2, 0.25) is 0 Å². The Hall–Kier alpha value is -2.06. The van der Waals surface area contributed by atoms with Gasteiger partial charge in [0.25, 0.3) is 0 Å². The maximum absolute atomic E-state index is 11.4. The number of carbonyl (C=O) groups is 2. The predicted octanol–water partition coefficient (Wildman–Crippen LogP) is 2.03. The highest BCUT2D eigenvalue weighted by Crippen LogP contribution is 2.12. The quantitative estimate of drug-likeness (QED) is 0.453. The summed E-state index contributed by atoms with van der Waals surface area (Å²) in [5.74, 6) is -0.468. The second kappa shape index (κ2) is 8.11. The van der Waals surface area contributed by atoms with Crippen molar-refractivity contribution in [2.45, 2.75) is 12.8 Å². The van der Waals surface area contributed by atoms with Gasteiger partial charge in [-0.3, -0.25) is 9.59 Å². The van der Waals surface area contributed by atoms with Crippen molar-refractivity contribution in [2.24, 2.45) is 0 Å². The third-order valence-corrected chi connectivity index (χ3v) is 2.24. The minimum atomic E-state index is -0.535. The second-order valence-electron chi connectivity index (χ2n) is 3.52. The van der Waals surface area contributed by atoms with Crippen LogP contribution in [0.25, 0.3) is 0 Å². The van der Waals surface area contributed by atoms with Crippen LogP contribution in [0.15, 0.2) is 24.3 Å². The number of alkyl halides is 1. The first kappa shape index (κ1) is 15.0. The summed E-state index contributed by atoms with van der Waals surface area (Å²) in [5.41, 5.74) is 0.476. The maximum atomic E-state index is 11.4. The fourth-order valence-electron chi connectivity index (χ4n) is 1.21. The van der Waals surface area contributed by atoms with Crippen molar-refractivity contribution in [3.63, 3.8) is 0 Å². The Balaban J connectivity index is 2.34. The largest absolute Gasteiger partial charge is 0.464 e. The zero-order valence-electron chi connectivity index (χ0n) is 10.1. The third kappa shape index (κ3) is 5.89. The Morgan fingerprint density at radius 3 is 2.37 bits per heavy atom. The smallest absolute Gasteiger partial charge is 0.311 e. The van der Waals surface area contributed by atoms with Crippen LogP contribution in [0.5, 0.6) is 5.75 Å². The highest BCUT2D eigenvalue weighted by Gasteiger charge is 2.09. The summed E-state index contributed by atoms with van der Waals surface area (Å²) in [5, 5.41) is 8.61. The van der Waals surface area contributed by atoms with E-state index in [1.54, 1.807) is 0 Å². The molecular weight excluding hydrogens is 270 g/mol. The zero-order valence-corrected chi connectivity index (χ0v) is 10.9. The Morgan fingerprint density at radius 1 is 1.16 bits per heavy atom. The van der Waals surface area contributed by atoms with Gasteiger partial charge < -0.3 is 9.47 Å². The van der Waals surface area contributed by atoms with Crippen LogP contribution in [-0.2, 0) is 14.3 Å². The average Bonchev–Trinajstić information content (AvgIpc) is 2.43. The van der Waals surface area contributed by atoms with E-state index in [1.807, 2.05) is 6.07 Å². The first-order chi connectivity index (χ1) is 9.15. The monoisotopic (exact) mass is 281 g/mol. The van der Waals surface area contributed by atoms with Gasteiger partial charge in [0.1, 0.15) is 12.4 Å². The molecule has 19 heavy (non-hydrogen) atoms. The van der Waals surface area contributed by atoms with Crippen molar-refractivity contribution >= 4 is 23.5 Å². The van der Waals surface area contributed by atoms with Gasteiger partial charge in [-0.05, 0) is 24.3 Å². The first-order valence-electron chi connectivity index (χ1n) is 5.58. The standard InChI is InChI=1S/C13H12ClNO4/c14-7-8-18-12(16)5-6-13(17)19-11-3-1-10(9-15)2-4-11/h1-4H,5-8H2. The van der Waals surface area contributed by atoms with Gasteiger partial charge in [0.05, 0.1) is 30.4 Å². The molecule has 0 saturated heterocycles. The molecule has 0 radical (unpaired) electrons. The summed E-state index contributed by atoms with van der Waals surface area (Å²) < 4.78 is 9.69. The van der Waals surface area contributed by atoms with Crippen LogP contribution >= 0.6 is 11.6 Å². The van der Waals surface area contributed by atoms with Crippen molar-refractivity contribution in [3.05, 3.63) is 29.8 Å². The molecule has 0 aliphatic rings. The molecule has 1 aromatic carbocycles. The molecule has 5 nitrogen and oxygen atoms in total. The van der Waals surface area contributed by atoms with Crippen molar-refractivity contribution < 1.29 is 19.1 Å². The van der Waals surface area contributed by atoms with Crippen LogP contribution in [0, 0.1) is 11.3 Å². The van der Waals surface area contributed by atoms with Crippen molar-refractivity contribution in [2.75, 3.05) is 12.5 Å². The normalized spacial score (nSPS) is 9.47. The zero-order chi connectivity index (χ0) is 14.1. The van der Waals surface area contributed by atoms with E-state index in [0.29, 0.717) is 11.3 Å². The molecule has 1 rings (SSSR count). The number of rotatable bonds is 6. The summed E-state index contributed by atoms with van der Waals surface area (Å²) >= 11 is 5.35. The number of halogens is 1. The molecule has 0 fully saturated rings. The molecule has 0 unspecified atom stereocenters. The number of nitrogens with zero attached hydrogens (tertiary/aromatic N) is 1. The third-order valence-electron chi connectivity index (χ3n) is 2.09. The molecule has 0 bridgehead atoms. The van der Waals surface area contributed by atoms with Crippen molar-refractivity contribution in [1.82, 2.24) is 0 Å². The SMILES string of the molecule is N#Cc1ccc(OC(=O)CCC(=O)OCCCl)cc1. The maximum Gasteiger partial charge on any atom is 0.311 e. The van der Waals surface area contributed by atoms with E-state index >= 15 is 0 Å². The van der Waals surface area contributed by atoms with E-state index in [4.69, 9.17) is 26.3 Å². The number of ether oxygens (including phenoxy) is 2. The van der Waals surface area contributed by atoms with Crippen LogP contribution in [-0.4, -0.2) is 24.4 Å². The lowest BCUT2D eigenvalue weighted by molar-refractivity contribution is -0.146. The summed E-state index contributed by atoms with van der Waals surface area (Å²) in [6.07, 6.45) is -0.118. The van der Waals surface area contributed by atoms with E-state index in [1.165, 1.54) is 24.3 Å². The molecule has 0 heterocycles. The molecule has 0 aliphatic carbocycles. The fourth-order valence-corrected chi connectivity index (χ4v) is 1.29. The number of nitriles is 1. The summed E-state index contributed by atoms with van der Waals surface area (Å²) in [6.45, 7) is 0.130. The van der Waals surface area contributed by atoms with Crippen LogP contribution in [0.3, 0.4) is 0 Å². The predicted molar refractivity (Wildman–Crippen MR) is 67.7 cm³/mol. The minimum absolute atomic E-state index is 0.0496. The van der Waals surface area contributed by atoms with E-state index in [-0.39, 0.29) is 25.3 Å². The Morgan fingerprint density at radius 2 is 1.79 bits per heavy atom. The van der Waals surface area contributed by atoms with Gasteiger partial charge in [0.15, 0.2) is 0 Å². The molecule has 0 aliphatic heterocycles.